The molecule has 1 N–H and O–H groups in total. The maximum Gasteiger partial charge on any atom is 0.180 e. The van der Waals surface area contributed by atoms with Crippen molar-refractivity contribution < 1.29 is 9.47 Å². The molecule has 0 aliphatic carbocycles. The highest BCUT2D eigenvalue weighted by Gasteiger charge is 2.24. The summed E-state index contributed by atoms with van der Waals surface area (Å²) in [6.07, 6.45) is 0. The summed E-state index contributed by atoms with van der Waals surface area (Å²) in [5.74, 6) is 1.28. The van der Waals surface area contributed by atoms with Gasteiger partial charge in [-0.2, -0.15) is 0 Å². The summed E-state index contributed by atoms with van der Waals surface area (Å²) in [4.78, 5) is 0. The molecule has 0 saturated carbocycles. The van der Waals surface area contributed by atoms with Gasteiger partial charge in [0.1, 0.15) is 25.0 Å². The number of benzene rings is 2. The summed E-state index contributed by atoms with van der Waals surface area (Å²) in [5.41, 5.74) is 3.51. The van der Waals surface area contributed by atoms with Crippen LogP contribution < -0.4 is 5.32 Å². The monoisotopic (exact) mass is 293 g/mol. The largest absolute Gasteiger partial charge is 0.494 e. The van der Waals surface area contributed by atoms with Crippen LogP contribution in [0.3, 0.4) is 0 Å². The lowest BCUT2D eigenvalue weighted by molar-refractivity contribution is 0.0622. The molecule has 3 rings (SSSR count). The zero-order chi connectivity index (χ0) is 15.4. The van der Waals surface area contributed by atoms with Gasteiger partial charge in [-0.25, -0.2) is 0 Å². The third-order valence-corrected chi connectivity index (χ3v) is 3.63. The van der Waals surface area contributed by atoms with E-state index in [1.54, 1.807) is 0 Å². The Morgan fingerprint density at radius 1 is 1.09 bits per heavy atom. The molecule has 3 heteroatoms. The number of rotatable bonds is 6. The minimum absolute atomic E-state index is 0.118. The van der Waals surface area contributed by atoms with Crippen molar-refractivity contribution in [3.63, 3.8) is 0 Å². The van der Waals surface area contributed by atoms with Gasteiger partial charge in [-0.3, -0.25) is 0 Å². The van der Waals surface area contributed by atoms with Gasteiger partial charge in [-0.05, 0) is 23.3 Å². The Labute approximate surface area is 130 Å². The first-order chi connectivity index (χ1) is 10.7. The van der Waals surface area contributed by atoms with E-state index in [-0.39, 0.29) is 6.04 Å². The second-order valence-electron chi connectivity index (χ2n) is 5.25. The molecule has 2 aromatic rings. The molecule has 3 nitrogen and oxygen atoms in total. The molecule has 0 amide bonds. The molecule has 1 fully saturated rings. The van der Waals surface area contributed by atoms with E-state index < -0.39 is 0 Å². The van der Waals surface area contributed by atoms with Crippen molar-refractivity contribution in [3.8, 4) is 11.1 Å². The van der Waals surface area contributed by atoms with Gasteiger partial charge in [-0.15, -0.1) is 0 Å². The first kappa shape index (κ1) is 14.3. The first-order valence-corrected chi connectivity index (χ1v) is 7.26. The lowest BCUT2D eigenvalue weighted by Crippen LogP contribution is -2.43. The molecule has 0 unspecified atom stereocenters. The van der Waals surface area contributed by atoms with Gasteiger partial charge in [0, 0.05) is 0 Å². The van der Waals surface area contributed by atoms with Crippen LogP contribution in [0, 0.1) is 0 Å². The molecular formula is C19H19NO2. The highest BCUT2D eigenvalue weighted by Crippen LogP contribution is 2.20. The van der Waals surface area contributed by atoms with Gasteiger partial charge in [0.2, 0.25) is 0 Å². The van der Waals surface area contributed by atoms with Crippen LogP contribution in [-0.4, -0.2) is 12.6 Å². The van der Waals surface area contributed by atoms with Crippen molar-refractivity contribution >= 4 is 0 Å². The normalized spacial score (nSPS) is 16.4. The molecule has 0 radical (unpaired) electrons. The van der Waals surface area contributed by atoms with Crippen molar-refractivity contribution in [1.82, 2.24) is 5.32 Å². The topological polar surface area (TPSA) is 30.5 Å². The van der Waals surface area contributed by atoms with Crippen molar-refractivity contribution in [3.05, 3.63) is 85.0 Å². The van der Waals surface area contributed by atoms with Crippen molar-refractivity contribution in [1.29, 1.82) is 0 Å². The summed E-state index contributed by atoms with van der Waals surface area (Å²) < 4.78 is 10.7. The van der Waals surface area contributed by atoms with Gasteiger partial charge in [0.05, 0.1) is 0 Å². The molecule has 1 aliphatic heterocycles. The Bertz CT molecular complexity index is 662. The fraction of sp³-hybridized carbons (Fsp3) is 0.158. The number of hydrogen-bond acceptors (Lipinski definition) is 3. The number of hydrogen-bond donors (Lipinski definition) is 1. The predicted molar refractivity (Wildman–Crippen MR) is 87.8 cm³/mol. The molecule has 1 atom stereocenters. The van der Waals surface area contributed by atoms with E-state index >= 15 is 0 Å². The zero-order valence-corrected chi connectivity index (χ0v) is 12.4. The molecule has 1 heterocycles. The molecule has 0 spiro atoms. The van der Waals surface area contributed by atoms with E-state index in [4.69, 9.17) is 9.47 Å². The van der Waals surface area contributed by atoms with E-state index in [0.29, 0.717) is 19.1 Å². The summed E-state index contributed by atoms with van der Waals surface area (Å²) in [6.45, 7) is 8.74. The van der Waals surface area contributed by atoms with Crippen LogP contribution in [0.25, 0.3) is 11.1 Å². The van der Waals surface area contributed by atoms with Gasteiger partial charge in [0.15, 0.2) is 5.88 Å². The molecule has 22 heavy (non-hydrogen) atoms. The van der Waals surface area contributed by atoms with Crippen LogP contribution in [0.5, 0.6) is 0 Å². The number of nitrogens with one attached hydrogen (secondary N) is 1. The zero-order valence-electron chi connectivity index (χ0n) is 12.4. The average molecular weight is 293 g/mol. The average Bonchev–Trinajstić information content (AvgIpc) is 2.58. The van der Waals surface area contributed by atoms with E-state index in [9.17, 15) is 0 Å². The van der Waals surface area contributed by atoms with Gasteiger partial charge < -0.3 is 14.8 Å². The molecule has 0 bridgehead atoms. The van der Waals surface area contributed by atoms with Crippen molar-refractivity contribution in [2.45, 2.75) is 12.6 Å². The Morgan fingerprint density at radius 2 is 1.77 bits per heavy atom. The minimum Gasteiger partial charge on any atom is -0.494 e. The smallest absolute Gasteiger partial charge is 0.180 e. The second kappa shape index (κ2) is 6.39. The third kappa shape index (κ3) is 3.31. The van der Waals surface area contributed by atoms with Crippen molar-refractivity contribution in [2.75, 3.05) is 6.61 Å². The van der Waals surface area contributed by atoms with E-state index in [1.807, 2.05) is 18.2 Å². The highest BCUT2D eigenvalue weighted by molar-refractivity contribution is 5.63. The molecule has 0 aromatic heterocycles. The molecule has 112 valence electrons. The second-order valence-corrected chi connectivity index (χ2v) is 5.25. The maximum atomic E-state index is 5.63. The lowest BCUT2D eigenvalue weighted by Gasteiger charge is -2.31. The van der Waals surface area contributed by atoms with Crippen LogP contribution in [0.2, 0.25) is 0 Å². The summed E-state index contributed by atoms with van der Waals surface area (Å²) in [7, 11) is 0. The van der Waals surface area contributed by atoms with Gasteiger partial charge in [-0.1, -0.05) is 61.2 Å². The van der Waals surface area contributed by atoms with E-state index in [1.165, 1.54) is 11.1 Å². The maximum absolute atomic E-state index is 5.63. The van der Waals surface area contributed by atoms with Gasteiger partial charge >= 0.3 is 0 Å². The quantitative estimate of drug-likeness (QED) is 0.821. The molecular weight excluding hydrogens is 274 g/mol. The summed E-state index contributed by atoms with van der Waals surface area (Å²) in [6, 6.07) is 18.8. The predicted octanol–water partition coefficient (Wildman–Crippen LogP) is 3.84. The van der Waals surface area contributed by atoms with Crippen LogP contribution >= 0.6 is 0 Å². The van der Waals surface area contributed by atoms with Crippen LogP contribution in [0.15, 0.2) is 79.4 Å². The Hall–Kier alpha value is -2.68. The standard InChI is InChI=1S/C19H19NO2/c1-14-19(13-21-14)20-15(2)22-12-16-8-10-18(11-9-16)17-6-4-3-5-7-17/h3-11,19-20H,1-2,12-13H2/t19-/m1/s1. The van der Waals surface area contributed by atoms with E-state index in [0.717, 1.165) is 11.3 Å². The molecule has 2 aromatic carbocycles. The Morgan fingerprint density at radius 3 is 2.36 bits per heavy atom. The fourth-order valence-corrected chi connectivity index (χ4v) is 2.24. The summed E-state index contributed by atoms with van der Waals surface area (Å²) in [5, 5.41) is 3.13. The highest BCUT2D eigenvalue weighted by atomic mass is 16.5. The SMILES string of the molecule is C=C(N[C@@H]1COC1=C)OCc1ccc(-c2ccccc2)cc1. The minimum atomic E-state index is 0.118. The third-order valence-electron chi connectivity index (χ3n) is 3.63. The van der Waals surface area contributed by atoms with Gasteiger partial charge in [0.25, 0.3) is 0 Å². The molecule has 1 saturated heterocycles. The first-order valence-electron chi connectivity index (χ1n) is 7.26. The van der Waals surface area contributed by atoms with Crippen LogP contribution in [0.4, 0.5) is 0 Å². The van der Waals surface area contributed by atoms with Crippen LogP contribution in [-0.2, 0) is 16.1 Å². The van der Waals surface area contributed by atoms with Crippen LogP contribution in [0.1, 0.15) is 5.56 Å². The number of ether oxygens (including phenoxy) is 2. The fourth-order valence-electron chi connectivity index (χ4n) is 2.24. The Kier molecular flexibility index (Phi) is 4.15. The lowest BCUT2D eigenvalue weighted by atomic mass is 10.0. The molecule has 1 aliphatic rings. The Balaban J connectivity index is 1.53. The van der Waals surface area contributed by atoms with E-state index in [2.05, 4.69) is 54.9 Å². The van der Waals surface area contributed by atoms with Crippen molar-refractivity contribution in [2.24, 2.45) is 0 Å². The summed E-state index contributed by atoms with van der Waals surface area (Å²) >= 11 is 0.